The molecule has 5 nitrogen and oxygen atoms in total. The minimum absolute atomic E-state index is 0.601. The van der Waals surface area contributed by atoms with Crippen LogP contribution < -0.4 is 4.90 Å². The zero-order valence-corrected chi connectivity index (χ0v) is 27.9. The summed E-state index contributed by atoms with van der Waals surface area (Å²) in [5, 5.41) is 6.63. The molecular weight excluding hydrogens is 639 g/mol. The van der Waals surface area contributed by atoms with Crippen molar-refractivity contribution in [2.24, 2.45) is 0 Å². The zero-order chi connectivity index (χ0) is 34.2. The first-order chi connectivity index (χ1) is 25.8. The first-order valence-corrected chi connectivity index (χ1v) is 17.5. The van der Waals surface area contributed by atoms with E-state index in [2.05, 4.69) is 143 Å². The second kappa shape index (κ2) is 11.2. The summed E-state index contributed by atoms with van der Waals surface area (Å²) < 4.78 is 15.2. The van der Waals surface area contributed by atoms with Crippen molar-refractivity contribution >= 4 is 82.7 Å². The van der Waals surface area contributed by atoms with E-state index in [1.54, 1.807) is 0 Å². The van der Waals surface area contributed by atoms with Crippen LogP contribution in [0.3, 0.4) is 0 Å². The zero-order valence-electron chi connectivity index (χ0n) is 27.9. The summed E-state index contributed by atoms with van der Waals surface area (Å²) in [7, 11) is 0. The number of para-hydroxylation sites is 3. The number of hydrogen-bond acceptors (Lipinski definition) is 4. The number of furan rings is 1. The SMILES string of the molecule is c1ccc(-c2nc3cc(N(c4ccc5oc6ccccc6c5c4)c4ccc5c6ccccc6n(-c6ccccc6)c5c4)c4ccccc4c3o2)cc1. The molecule has 11 rings (SSSR count). The summed E-state index contributed by atoms with van der Waals surface area (Å²) in [4.78, 5) is 7.42. The molecule has 0 aliphatic carbocycles. The van der Waals surface area contributed by atoms with E-state index >= 15 is 0 Å². The quantitative estimate of drug-likeness (QED) is 0.183. The maximum absolute atomic E-state index is 6.52. The Labute approximate surface area is 298 Å². The molecule has 5 heteroatoms. The van der Waals surface area contributed by atoms with Gasteiger partial charge in [0, 0.05) is 54.9 Å². The third kappa shape index (κ3) is 4.33. The van der Waals surface area contributed by atoms with E-state index < -0.39 is 0 Å². The highest BCUT2D eigenvalue weighted by Crippen LogP contribution is 2.45. The van der Waals surface area contributed by atoms with Gasteiger partial charge in [0.25, 0.3) is 0 Å². The minimum Gasteiger partial charge on any atom is -0.456 e. The molecule has 52 heavy (non-hydrogen) atoms. The van der Waals surface area contributed by atoms with Gasteiger partial charge in [0.2, 0.25) is 5.89 Å². The lowest BCUT2D eigenvalue weighted by Gasteiger charge is -2.27. The summed E-state index contributed by atoms with van der Waals surface area (Å²) in [5.74, 6) is 0.601. The number of rotatable bonds is 5. The number of hydrogen-bond donors (Lipinski definition) is 0. The standard InChI is InChI=1S/C47H29N3O2/c1-3-13-30(14-4-1)47-48-40-29-43(35-18-7-8-20-38(35)46(40)52-47)49(32-24-26-45-39(27-32)37-19-10-12-22-44(37)51-45)33-23-25-36-34-17-9-11-21-41(34)50(42(36)28-33)31-15-5-2-6-16-31/h1-29H. The van der Waals surface area contributed by atoms with Crippen LogP contribution in [0.2, 0.25) is 0 Å². The average Bonchev–Trinajstić information content (AvgIpc) is 3.91. The molecule has 0 radical (unpaired) electrons. The van der Waals surface area contributed by atoms with Gasteiger partial charge in [-0.1, -0.05) is 103 Å². The van der Waals surface area contributed by atoms with Gasteiger partial charge in [-0.2, -0.15) is 0 Å². The fourth-order valence-electron chi connectivity index (χ4n) is 7.86. The van der Waals surface area contributed by atoms with Gasteiger partial charge in [-0.3, -0.25) is 0 Å². The predicted octanol–water partition coefficient (Wildman–Crippen LogP) is 13.1. The smallest absolute Gasteiger partial charge is 0.227 e. The van der Waals surface area contributed by atoms with Crippen LogP contribution in [0.25, 0.3) is 82.8 Å². The maximum atomic E-state index is 6.52. The molecule has 0 fully saturated rings. The van der Waals surface area contributed by atoms with Gasteiger partial charge in [-0.15, -0.1) is 0 Å². The molecule has 244 valence electrons. The van der Waals surface area contributed by atoms with Gasteiger partial charge < -0.3 is 18.3 Å². The molecule has 0 aliphatic heterocycles. The summed E-state index contributed by atoms with van der Waals surface area (Å²) in [5.41, 5.74) is 10.7. The summed E-state index contributed by atoms with van der Waals surface area (Å²) in [6.45, 7) is 0. The highest BCUT2D eigenvalue weighted by atomic mass is 16.3. The van der Waals surface area contributed by atoms with Crippen molar-refractivity contribution < 1.29 is 8.83 Å². The molecule has 0 aliphatic rings. The number of fused-ring (bicyclic) bond motifs is 9. The minimum atomic E-state index is 0.601. The molecule has 0 atom stereocenters. The molecule has 0 N–H and O–H groups in total. The first kappa shape index (κ1) is 28.7. The lowest BCUT2D eigenvalue weighted by Crippen LogP contribution is -2.11. The van der Waals surface area contributed by atoms with Crippen LogP contribution in [0.4, 0.5) is 17.1 Å². The fourth-order valence-corrected chi connectivity index (χ4v) is 7.86. The summed E-state index contributed by atoms with van der Waals surface area (Å²) >= 11 is 0. The van der Waals surface area contributed by atoms with Gasteiger partial charge in [0.1, 0.15) is 16.7 Å². The van der Waals surface area contributed by atoms with E-state index in [0.717, 1.165) is 77.6 Å². The van der Waals surface area contributed by atoms with Gasteiger partial charge in [-0.05, 0) is 72.8 Å². The number of benzene rings is 8. The molecule has 11 aromatic rings. The van der Waals surface area contributed by atoms with E-state index in [9.17, 15) is 0 Å². The molecule has 0 bridgehead atoms. The van der Waals surface area contributed by atoms with Crippen molar-refractivity contribution in [3.63, 3.8) is 0 Å². The van der Waals surface area contributed by atoms with E-state index in [-0.39, 0.29) is 0 Å². The third-order valence-electron chi connectivity index (χ3n) is 10.2. The Kier molecular flexibility index (Phi) is 6.18. The molecule has 0 saturated heterocycles. The van der Waals surface area contributed by atoms with E-state index in [1.165, 1.54) is 16.3 Å². The predicted molar refractivity (Wildman–Crippen MR) is 213 cm³/mol. The molecule has 3 aromatic heterocycles. The third-order valence-corrected chi connectivity index (χ3v) is 10.2. The van der Waals surface area contributed by atoms with Crippen LogP contribution in [0.1, 0.15) is 0 Å². The Balaban J connectivity index is 1.22. The Morgan fingerprint density at radius 2 is 1.08 bits per heavy atom. The van der Waals surface area contributed by atoms with Crippen molar-refractivity contribution in [3.8, 4) is 17.1 Å². The number of anilines is 3. The van der Waals surface area contributed by atoms with Crippen LogP contribution in [-0.2, 0) is 0 Å². The van der Waals surface area contributed by atoms with Crippen molar-refractivity contribution in [2.45, 2.75) is 0 Å². The maximum Gasteiger partial charge on any atom is 0.227 e. The normalized spacial score (nSPS) is 11.8. The van der Waals surface area contributed by atoms with Gasteiger partial charge in [0.05, 0.1) is 16.7 Å². The van der Waals surface area contributed by atoms with Crippen molar-refractivity contribution in [3.05, 3.63) is 176 Å². The lowest BCUT2D eigenvalue weighted by atomic mass is 10.0. The van der Waals surface area contributed by atoms with Crippen LogP contribution in [0, 0.1) is 0 Å². The number of aromatic nitrogens is 2. The highest BCUT2D eigenvalue weighted by Gasteiger charge is 2.23. The second-order valence-corrected chi connectivity index (χ2v) is 13.2. The fraction of sp³-hybridized carbons (Fsp3) is 0. The number of oxazole rings is 1. The Morgan fingerprint density at radius 3 is 1.92 bits per heavy atom. The Hall–Kier alpha value is -7.11. The van der Waals surface area contributed by atoms with E-state index in [0.29, 0.717) is 5.89 Å². The Bertz CT molecular complexity index is 3140. The highest BCUT2D eigenvalue weighted by molar-refractivity contribution is 6.14. The Morgan fingerprint density at radius 1 is 0.442 bits per heavy atom. The lowest BCUT2D eigenvalue weighted by molar-refractivity contribution is 0.623. The van der Waals surface area contributed by atoms with Crippen LogP contribution in [0.5, 0.6) is 0 Å². The van der Waals surface area contributed by atoms with E-state index in [4.69, 9.17) is 13.8 Å². The monoisotopic (exact) mass is 667 g/mol. The molecule has 8 aromatic carbocycles. The molecule has 3 heterocycles. The largest absolute Gasteiger partial charge is 0.456 e. The second-order valence-electron chi connectivity index (χ2n) is 13.2. The molecule has 0 spiro atoms. The van der Waals surface area contributed by atoms with Crippen LogP contribution in [-0.4, -0.2) is 9.55 Å². The molecule has 0 saturated carbocycles. The van der Waals surface area contributed by atoms with Gasteiger partial charge in [0.15, 0.2) is 5.58 Å². The molecular formula is C47H29N3O2. The number of nitrogens with zero attached hydrogens (tertiary/aromatic N) is 3. The molecule has 0 unspecified atom stereocenters. The van der Waals surface area contributed by atoms with Gasteiger partial charge >= 0.3 is 0 Å². The van der Waals surface area contributed by atoms with E-state index in [1.807, 2.05) is 42.5 Å². The van der Waals surface area contributed by atoms with Crippen LogP contribution in [0.15, 0.2) is 185 Å². The first-order valence-electron chi connectivity index (χ1n) is 17.5. The average molecular weight is 668 g/mol. The van der Waals surface area contributed by atoms with Crippen LogP contribution >= 0.6 is 0 Å². The van der Waals surface area contributed by atoms with Gasteiger partial charge in [-0.25, -0.2) is 4.98 Å². The van der Waals surface area contributed by atoms with Crippen molar-refractivity contribution in [1.82, 2.24) is 9.55 Å². The van der Waals surface area contributed by atoms with Crippen molar-refractivity contribution in [2.75, 3.05) is 4.90 Å². The van der Waals surface area contributed by atoms with Crippen molar-refractivity contribution in [1.29, 1.82) is 0 Å². The topological polar surface area (TPSA) is 47.3 Å². The summed E-state index contributed by atoms with van der Waals surface area (Å²) in [6, 6.07) is 61.5. The molecule has 0 amide bonds. The summed E-state index contributed by atoms with van der Waals surface area (Å²) in [6.07, 6.45) is 0.